The van der Waals surface area contributed by atoms with Gasteiger partial charge in [-0.2, -0.15) is 0 Å². The van der Waals surface area contributed by atoms with Crippen LogP contribution in [-0.2, 0) is 0 Å². The molecule has 0 unspecified atom stereocenters. The van der Waals surface area contributed by atoms with Gasteiger partial charge in [-0.05, 0) is 12.5 Å². The summed E-state index contributed by atoms with van der Waals surface area (Å²) in [5.41, 5.74) is 0.0648. The number of allylic oxidation sites excluding steroid dienone is 1. The molecule has 5 heteroatoms. The number of hydrogen-bond donors (Lipinski definition) is 0. The largest absolute Gasteiger partial charge is 0.357 e. The molecular formula is C8H15N3O2. The van der Waals surface area contributed by atoms with Crippen LogP contribution in [0.2, 0.25) is 0 Å². The zero-order valence-electron chi connectivity index (χ0n) is 8.44. The van der Waals surface area contributed by atoms with Gasteiger partial charge in [-0.15, -0.1) is 0 Å². The van der Waals surface area contributed by atoms with Crippen molar-refractivity contribution in [2.75, 3.05) is 21.1 Å². The van der Waals surface area contributed by atoms with E-state index in [0.717, 1.165) is 0 Å². The van der Waals surface area contributed by atoms with E-state index >= 15 is 0 Å². The van der Waals surface area contributed by atoms with E-state index in [-0.39, 0.29) is 5.70 Å². The maximum Gasteiger partial charge on any atom is 0.307 e. The van der Waals surface area contributed by atoms with Crippen molar-refractivity contribution in [3.8, 4) is 0 Å². The maximum atomic E-state index is 10.6. The van der Waals surface area contributed by atoms with Crippen molar-refractivity contribution in [3.05, 3.63) is 21.9 Å². The van der Waals surface area contributed by atoms with Crippen LogP contribution in [0.4, 0.5) is 0 Å². The Morgan fingerprint density at radius 3 is 2.38 bits per heavy atom. The predicted octanol–water partition coefficient (Wildman–Crippen LogP) is 1.15. The molecule has 0 fully saturated rings. The van der Waals surface area contributed by atoms with Crippen LogP contribution in [0.3, 0.4) is 0 Å². The van der Waals surface area contributed by atoms with Gasteiger partial charge in [-0.25, -0.2) is 0 Å². The van der Waals surface area contributed by atoms with E-state index in [1.165, 1.54) is 0 Å². The first-order valence-corrected chi connectivity index (χ1v) is 4.03. The third-order valence-corrected chi connectivity index (χ3v) is 1.46. The minimum Gasteiger partial charge on any atom is -0.357 e. The average molecular weight is 185 g/mol. The van der Waals surface area contributed by atoms with E-state index in [0.29, 0.717) is 12.3 Å². The van der Waals surface area contributed by atoms with Gasteiger partial charge < -0.3 is 4.90 Å². The van der Waals surface area contributed by atoms with Gasteiger partial charge in [0.05, 0.1) is 4.92 Å². The number of nitro groups is 1. The number of hydrogen-bond acceptors (Lipinski definition) is 3. The highest BCUT2D eigenvalue weighted by Gasteiger charge is 2.19. The Bertz CT molecular complexity index is 244. The van der Waals surface area contributed by atoms with Crippen molar-refractivity contribution in [2.24, 2.45) is 4.99 Å². The Morgan fingerprint density at radius 1 is 1.62 bits per heavy atom. The zero-order chi connectivity index (χ0) is 10.4. The normalized spacial score (nSPS) is 12.9. The van der Waals surface area contributed by atoms with E-state index < -0.39 is 4.92 Å². The molecule has 0 aliphatic carbocycles. The second kappa shape index (κ2) is 5.29. The van der Waals surface area contributed by atoms with Gasteiger partial charge in [0.15, 0.2) is 0 Å². The van der Waals surface area contributed by atoms with Crippen LogP contribution in [0.15, 0.2) is 16.8 Å². The summed E-state index contributed by atoms with van der Waals surface area (Å²) < 4.78 is 0. The molecule has 0 aromatic rings. The van der Waals surface area contributed by atoms with E-state index in [1.807, 2.05) is 6.92 Å². The number of nitrogens with zero attached hydrogens (tertiary/aromatic N) is 3. The highest BCUT2D eigenvalue weighted by atomic mass is 16.6. The molecule has 5 nitrogen and oxygen atoms in total. The quantitative estimate of drug-likeness (QED) is 0.287. The summed E-state index contributed by atoms with van der Waals surface area (Å²) in [6.45, 7) is 1.85. The highest BCUT2D eigenvalue weighted by Crippen LogP contribution is 2.03. The minimum atomic E-state index is -0.411. The van der Waals surface area contributed by atoms with Crippen LogP contribution in [0.5, 0.6) is 0 Å². The van der Waals surface area contributed by atoms with Crippen molar-refractivity contribution >= 4 is 5.84 Å². The van der Waals surface area contributed by atoms with E-state index in [4.69, 9.17) is 0 Å². The number of rotatable bonds is 3. The van der Waals surface area contributed by atoms with Crippen molar-refractivity contribution in [3.63, 3.8) is 0 Å². The van der Waals surface area contributed by atoms with Crippen molar-refractivity contribution in [2.45, 2.75) is 13.3 Å². The summed E-state index contributed by atoms with van der Waals surface area (Å²) >= 11 is 0. The molecule has 0 radical (unpaired) electrons. The first-order valence-electron chi connectivity index (χ1n) is 4.03. The molecule has 13 heavy (non-hydrogen) atoms. The fourth-order valence-electron chi connectivity index (χ4n) is 0.984. The standard InChI is InChI=1S/C8H15N3O2/c1-5-6-7(11(12)13)8(9-2)10(3)4/h6H,5H2,1-4H3/b7-6+,9-8?. The van der Waals surface area contributed by atoms with Crippen LogP contribution in [0, 0.1) is 10.1 Å². The Balaban J connectivity index is 4.94. The molecule has 0 saturated heterocycles. The third kappa shape index (κ3) is 3.23. The molecule has 0 amide bonds. The molecule has 0 bridgehead atoms. The monoisotopic (exact) mass is 185 g/mol. The summed E-state index contributed by atoms with van der Waals surface area (Å²) in [4.78, 5) is 15.7. The molecule has 0 atom stereocenters. The second-order valence-electron chi connectivity index (χ2n) is 2.70. The number of likely N-dealkylation sites (N-methyl/N-ethyl adjacent to an activating group) is 1. The maximum absolute atomic E-state index is 10.6. The second-order valence-corrected chi connectivity index (χ2v) is 2.70. The van der Waals surface area contributed by atoms with Crippen LogP contribution < -0.4 is 0 Å². The van der Waals surface area contributed by atoms with Crippen molar-refractivity contribution in [1.29, 1.82) is 0 Å². The SMILES string of the molecule is CC/C=C(\C(=NC)N(C)C)[N+](=O)[O-]. The van der Waals surface area contributed by atoms with E-state index in [1.54, 1.807) is 32.1 Å². The van der Waals surface area contributed by atoms with E-state index in [2.05, 4.69) is 4.99 Å². The van der Waals surface area contributed by atoms with Gasteiger partial charge in [0.1, 0.15) is 0 Å². The van der Waals surface area contributed by atoms with Crippen molar-refractivity contribution < 1.29 is 4.92 Å². The van der Waals surface area contributed by atoms with Gasteiger partial charge in [-0.3, -0.25) is 15.1 Å². The molecule has 0 aliphatic heterocycles. The molecule has 0 aliphatic rings. The van der Waals surface area contributed by atoms with Crippen LogP contribution in [0.1, 0.15) is 13.3 Å². The molecule has 0 spiro atoms. The van der Waals surface area contributed by atoms with Crippen LogP contribution in [0.25, 0.3) is 0 Å². The first kappa shape index (κ1) is 11.6. The fraction of sp³-hybridized carbons (Fsp3) is 0.625. The van der Waals surface area contributed by atoms with Crippen LogP contribution in [-0.4, -0.2) is 36.8 Å². The van der Waals surface area contributed by atoms with Gasteiger partial charge >= 0.3 is 5.70 Å². The molecule has 0 aromatic carbocycles. The molecule has 0 N–H and O–H groups in total. The molecule has 0 heterocycles. The van der Waals surface area contributed by atoms with E-state index in [9.17, 15) is 10.1 Å². The lowest BCUT2D eigenvalue weighted by atomic mass is 10.3. The molecule has 0 saturated carbocycles. The first-order chi connectivity index (χ1) is 6.04. The summed E-state index contributed by atoms with van der Waals surface area (Å²) in [7, 11) is 5.01. The lowest BCUT2D eigenvalue weighted by molar-refractivity contribution is -0.416. The van der Waals surface area contributed by atoms with Gasteiger partial charge in [0.25, 0.3) is 0 Å². The highest BCUT2D eigenvalue weighted by molar-refractivity contribution is 5.95. The smallest absolute Gasteiger partial charge is 0.307 e. The lowest BCUT2D eigenvalue weighted by Crippen LogP contribution is -2.27. The fourth-order valence-corrected chi connectivity index (χ4v) is 0.984. The minimum absolute atomic E-state index is 0.0648. The lowest BCUT2D eigenvalue weighted by Gasteiger charge is -2.12. The van der Waals surface area contributed by atoms with Gasteiger partial charge in [0, 0.05) is 21.1 Å². The topological polar surface area (TPSA) is 58.7 Å². The molecule has 74 valence electrons. The summed E-state index contributed by atoms with van der Waals surface area (Å²) in [5, 5.41) is 10.6. The Hall–Kier alpha value is -1.39. The zero-order valence-corrected chi connectivity index (χ0v) is 8.44. The van der Waals surface area contributed by atoms with Crippen molar-refractivity contribution in [1.82, 2.24) is 4.90 Å². The average Bonchev–Trinajstić information content (AvgIpc) is 2.03. The van der Waals surface area contributed by atoms with Crippen LogP contribution >= 0.6 is 0 Å². The molecular weight excluding hydrogens is 170 g/mol. The number of aliphatic imine (C=N–C) groups is 1. The Labute approximate surface area is 77.9 Å². The predicted molar refractivity (Wildman–Crippen MR) is 52.4 cm³/mol. The molecule has 0 rings (SSSR count). The Morgan fingerprint density at radius 2 is 2.15 bits per heavy atom. The third-order valence-electron chi connectivity index (χ3n) is 1.46. The number of amidine groups is 1. The molecule has 0 aromatic heterocycles. The summed E-state index contributed by atoms with van der Waals surface area (Å²) in [6.07, 6.45) is 2.19. The Kier molecular flexibility index (Phi) is 4.72. The summed E-state index contributed by atoms with van der Waals surface area (Å²) in [5.74, 6) is 0.395. The van der Waals surface area contributed by atoms with Gasteiger partial charge in [0.2, 0.25) is 5.84 Å². The van der Waals surface area contributed by atoms with Gasteiger partial charge in [-0.1, -0.05) is 6.92 Å². The summed E-state index contributed by atoms with van der Waals surface area (Å²) in [6, 6.07) is 0.